The number of aromatic nitrogens is 2. The van der Waals surface area contributed by atoms with E-state index >= 15 is 0 Å². The maximum Gasteiger partial charge on any atom is 0.205 e. The molecule has 3 aromatic rings. The molecule has 3 rings (SSSR count). The van der Waals surface area contributed by atoms with Crippen LogP contribution >= 0.6 is 15.9 Å². The fourth-order valence-electron chi connectivity index (χ4n) is 2.20. The quantitative estimate of drug-likeness (QED) is 0.743. The van der Waals surface area contributed by atoms with Gasteiger partial charge in [0.1, 0.15) is 11.6 Å². The highest BCUT2D eigenvalue weighted by molar-refractivity contribution is 9.10. The Hall–Kier alpha value is -2.32. The SMILES string of the molecule is Cc1ccc(-n2c(N)nc3c(C#N)cccc32)cc1Br. The second-order valence-electron chi connectivity index (χ2n) is 4.52. The van der Waals surface area contributed by atoms with Gasteiger partial charge < -0.3 is 5.73 Å². The smallest absolute Gasteiger partial charge is 0.205 e. The molecule has 0 spiro atoms. The molecule has 4 nitrogen and oxygen atoms in total. The maximum atomic E-state index is 9.14. The van der Waals surface area contributed by atoms with Crippen LogP contribution in [0.5, 0.6) is 0 Å². The summed E-state index contributed by atoms with van der Waals surface area (Å²) >= 11 is 3.52. The van der Waals surface area contributed by atoms with Gasteiger partial charge in [0.15, 0.2) is 0 Å². The molecule has 0 aliphatic rings. The highest BCUT2D eigenvalue weighted by Gasteiger charge is 2.13. The number of nitrogens with zero attached hydrogens (tertiary/aromatic N) is 3. The molecule has 20 heavy (non-hydrogen) atoms. The van der Waals surface area contributed by atoms with Crippen LogP contribution in [0.3, 0.4) is 0 Å². The molecule has 2 aromatic carbocycles. The third kappa shape index (κ3) is 1.86. The minimum Gasteiger partial charge on any atom is -0.369 e. The van der Waals surface area contributed by atoms with Crippen molar-refractivity contribution in [3.63, 3.8) is 0 Å². The third-order valence-electron chi connectivity index (χ3n) is 3.25. The summed E-state index contributed by atoms with van der Waals surface area (Å²) in [4.78, 5) is 4.32. The Morgan fingerprint density at radius 1 is 1.30 bits per heavy atom. The Morgan fingerprint density at radius 2 is 2.10 bits per heavy atom. The number of aryl methyl sites for hydroxylation is 1. The zero-order valence-corrected chi connectivity index (χ0v) is 12.3. The van der Waals surface area contributed by atoms with Crippen molar-refractivity contribution in [1.29, 1.82) is 5.26 Å². The number of rotatable bonds is 1. The Bertz CT molecular complexity index is 858. The molecule has 1 heterocycles. The lowest BCUT2D eigenvalue weighted by Gasteiger charge is -2.08. The molecule has 5 heteroatoms. The molecule has 0 atom stereocenters. The summed E-state index contributed by atoms with van der Waals surface area (Å²) in [5, 5.41) is 9.14. The highest BCUT2D eigenvalue weighted by Crippen LogP contribution is 2.27. The fraction of sp³-hybridized carbons (Fsp3) is 0.0667. The highest BCUT2D eigenvalue weighted by atomic mass is 79.9. The van der Waals surface area contributed by atoms with E-state index in [1.54, 1.807) is 6.07 Å². The zero-order chi connectivity index (χ0) is 14.3. The summed E-state index contributed by atoms with van der Waals surface area (Å²) in [5.74, 6) is 0.374. The minimum absolute atomic E-state index is 0.374. The Labute approximate surface area is 124 Å². The number of nitriles is 1. The minimum atomic E-state index is 0.374. The van der Waals surface area contributed by atoms with Crippen LogP contribution in [0.4, 0.5) is 5.95 Å². The van der Waals surface area contributed by atoms with Crippen molar-refractivity contribution in [2.45, 2.75) is 6.92 Å². The Morgan fingerprint density at radius 3 is 2.80 bits per heavy atom. The topological polar surface area (TPSA) is 67.6 Å². The lowest BCUT2D eigenvalue weighted by Crippen LogP contribution is -2.00. The van der Waals surface area contributed by atoms with Crippen LogP contribution in [0.1, 0.15) is 11.1 Å². The van der Waals surface area contributed by atoms with E-state index in [-0.39, 0.29) is 0 Å². The number of hydrogen-bond acceptors (Lipinski definition) is 3. The van der Waals surface area contributed by atoms with Gasteiger partial charge in [-0.2, -0.15) is 5.26 Å². The van der Waals surface area contributed by atoms with Crippen molar-refractivity contribution in [3.05, 3.63) is 52.0 Å². The number of para-hydroxylation sites is 1. The summed E-state index contributed by atoms with van der Waals surface area (Å²) in [6.07, 6.45) is 0. The van der Waals surface area contributed by atoms with Crippen molar-refractivity contribution in [2.24, 2.45) is 0 Å². The summed E-state index contributed by atoms with van der Waals surface area (Å²) in [5.41, 5.74) is 10.1. The predicted octanol–water partition coefficient (Wildman–Crippen LogP) is 3.55. The van der Waals surface area contributed by atoms with Crippen LogP contribution in [-0.4, -0.2) is 9.55 Å². The van der Waals surface area contributed by atoms with Crippen LogP contribution < -0.4 is 5.73 Å². The summed E-state index contributed by atoms with van der Waals surface area (Å²) in [6.45, 7) is 2.02. The van der Waals surface area contributed by atoms with Crippen LogP contribution in [0.2, 0.25) is 0 Å². The van der Waals surface area contributed by atoms with Gasteiger partial charge in [-0.05, 0) is 36.8 Å². The van der Waals surface area contributed by atoms with Crippen molar-refractivity contribution < 1.29 is 0 Å². The molecule has 0 aliphatic carbocycles. The van der Waals surface area contributed by atoms with E-state index in [0.29, 0.717) is 17.0 Å². The van der Waals surface area contributed by atoms with E-state index < -0.39 is 0 Å². The molecular formula is C15H11BrN4. The lowest BCUT2D eigenvalue weighted by molar-refractivity contribution is 1.10. The van der Waals surface area contributed by atoms with Gasteiger partial charge in [0.2, 0.25) is 5.95 Å². The first-order valence-corrected chi connectivity index (χ1v) is 6.84. The largest absolute Gasteiger partial charge is 0.369 e. The summed E-state index contributed by atoms with van der Waals surface area (Å²) in [6, 6.07) is 13.6. The standard InChI is InChI=1S/C15H11BrN4/c1-9-5-6-11(7-12(9)16)20-13-4-2-3-10(8-17)14(13)19-15(20)18/h2-7H,1H3,(H2,18,19). The maximum absolute atomic E-state index is 9.14. The van der Waals surface area contributed by atoms with E-state index in [0.717, 1.165) is 21.2 Å². The molecule has 0 radical (unpaired) electrons. The lowest BCUT2D eigenvalue weighted by atomic mass is 10.2. The van der Waals surface area contributed by atoms with Crippen LogP contribution in [0, 0.1) is 18.3 Å². The summed E-state index contributed by atoms with van der Waals surface area (Å²) < 4.78 is 2.85. The number of halogens is 1. The molecule has 0 saturated carbocycles. The van der Waals surface area contributed by atoms with Gasteiger partial charge in [-0.1, -0.05) is 28.1 Å². The molecular weight excluding hydrogens is 316 g/mol. The van der Waals surface area contributed by atoms with E-state index in [1.165, 1.54) is 0 Å². The van der Waals surface area contributed by atoms with Gasteiger partial charge in [0.25, 0.3) is 0 Å². The van der Waals surface area contributed by atoms with Crippen molar-refractivity contribution >= 4 is 32.9 Å². The number of hydrogen-bond donors (Lipinski definition) is 1. The number of benzene rings is 2. The average Bonchev–Trinajstić information content (AvgIpc) is 2.78. The monoisotopic (exact) mass is 326 g/mol. The first-order valence-electron chi connectivity index (χ1n) is 6.05. The van der Waals surface area contributed by atoms with Gasteiger partial charge in [0.05, 0.1) is 16.8 Å². The number of anilines is 1. The average molecular weight is 327 g/mol. The summed E-state index contributed by atoms with van der Waals surface area (Å²) in [7, 11) is 0. The number of nitrogen functional groups attached to an aromatic ring is 1. The number of nitrogens with two attached hydrogens (primary N) is 1. The van der Waals surface area contributed by atoms with Crippen molar-refractivity contribution in [3.8, 4) is 11.8 Å². The van der Waals surface area contributed by atoms with Crippen LogP contribution in [0.15, 0.2) is 40.9 Å². The number of imidazole rings is 1. The molecule has 0 bridgehead atoms. The molecule has 0 amide bonds. The third-order valence-corrected chi connectivity index (χ3v) is 4.10. The van der Waals surface area contributed by atoms with Gasteiger partial charge in [-0.3, -0.25) is 4.57 Å². The molecule has 1 aromatic heterocycles. The molecule has 0 saturated heterocycles. The fourth-order valence-corrected chi connectivity index (χ4v) is 2.57. The first-order chi connectivity index (χ1) is 9.61. The van der Waals surface area contributed by atoms with Gasteiger partial charge in [-0.25, -0.2) is 4.98 Å². The Kier molecular flexibility index (Phi) is 2.96. The van der Waals surface area contributed by atoms with E-state index in [4.69, 9.17) is 11.0 Å². The van der Waals surface area contributed by atoms with E-state index in [2.05, 4.69) is 27.0 Å². The molecule has 98 valence electrons. The van der Waals surface area contributed by atoms with Crippen LogP contribution in [0.25, 0.3) is 16.7 Å². The molecule has 2 N–H and O–H groups in total. The normalized spacial score (nSPS) is 10.7. The van der Waals surface area contributed by atoms with Crippen molar-refractivity contribution in [1.82, 2.24) is 9.55 Å². The first kappa shape index (κ1) is 12.7. The second-order valence-corrected chi connectivity index (χ2v) is 5.38. The van der Waals surface area contributed by atoms with Crippen LogP contribution in [-0.2, 0) is 0 Å². The predicted molar refractivity (Wildman–Crippen MR) is 82.6 cm³/mol. The molecule has 0 unspecified atom stereocenters. The zero-order valence-electron chi connectivity index (χ0n) is 10.8. The van der Waals surface area contributed by atoms with E-state index in [1.807, 2.05) is 41.8 Å². The number of fused-ring (bicyclic) bond motifs is 1. The van der Waals surface area contributed by atoms with Gasteiger partial charge in [0, 0.05) is 4.47 Å². The molecule has 0 fully saturated rings. The van der Waals surface area contributed by atoms with Crippen molar-refractivity contribution in [2.75, 3.05) is 5.73 Å². The van der Waals surface area contributed by atoms with Gasteiger partial charge in [-0.15, -0.1) is 0 Å². The van der Waals surface area contributed by atoms with Gasteiger partial charge >= 0.3 is 0 Å². The molecule has 0 aliphatic heterocycles. The second kappa shape index (κ2) is 4.66. The van der Waals surface area contributed by atoms with E-state index in [9.17, 15) is 0 Å². The Balaban J connectivity index is 2.34.